The molecule has 3 heteroatoms. The topological polar surface area (TPSA) is 32.7 Å². The molecule has 0 atom stereocenters. The van der Waals surface area contributed by atoms with E-state index < -0.39 is 0 Å². The van der Waals surface area contributed by atoms with E-state index in [1.165, 1.54) is 0 Å². The maximum Gasteiger partial charge on any atom is 0.273 e. The first kappa shape index (κ1) is 12.6. The SMILES string of the molecule is Cc1cccc(C(=O)N2CCC(c3ccccc3)=N2)c1. The number of nitrogens with zero attached hydrogens (tertiary/aromatic N) is 2. The van der Waals surface area contributed by atoms with Gasteiger partial charge in [-0.1, -0.05) is 48.0 Å². The van der Waals surface area contributed by atoms with Crippen molar-refractivity contribution in [2.45, 2.75) is 13.3 Å². The van der Waals surface area contributed by atoms with Crippen molar-refractivity contribution in [3.05, 3.63) is 71.3 Å². The Labute approximate surface area is 118 Å². The largest absolute Gasteiger partial charge is 0.273 e. The summed E-state index contributed by atoms with van der Waals surface area (Å²) in [6.07, 6.45) is 0.807. The minimum Gasteiger partial charge on any atom is -0.267 e. The van der Waals surface area contributed by atoms with Crippen LogP contribution in [-0.4, -0.2) is 23.2 Å². The molecular formula is C17H16N2O. The Morgan fingerprint density at radius 1 is 1.10 bits per heavy atom. The number of benzene rings is 2. The molecule has 3 nitrogen and oxygen atoms in total. The highest BCUT2D eigenvalue weighted by Gasteiger charge is 2.22. The molecule has 1 aliphatic rings. The van der Waals surface area contributed by atoms with E-state index in [1.54, 1.807) is 5.01 Å². The monoisotopic (exact) mass is 264 g/mol. The third-order valence-corrected chi connectivity index (χ3v) is 3.41. The zero-order chi connectivity index (χ0) is 13.9. The van der Waals surface area contributed by atoms with Gasteiger partial charge in [0, 0.05) is 12.0 Å². The lowest BCUT2D eigenvalue weighted by Gasteiger charge is -2.11. The van der Waals surface area contributed by atoms with Crippen LogP contribution in [0, 0.1) is 6.92 Å². The van der Waals surface area contributed by atoms with Crippen molar-refractivity contribution >= 4 is 11.6 Å². The molecule has 1 amide bonds. The van der Waals surface area contributed by atoms with Gasteiger partial charge in [-0.2, -0.15) is 5.10 Å². The molecule has 0 bridgehead atoms. The summed E-state index contributed by atoms with van der Waals surface area (Å²) in [4.78, 5) is 12.4. The van der Waals surface area contributed by atoms with Crippen LogP contribution in [0.3, 0.4) is 0 Å². The molecule has 2 aromatic rings. The van der Waals surface area contributed by atoms with E-state index in [1.807, 2.05) is 61.5 Å². The first-order valence-corrected chi connectivity index (χ1v) is 6.75. The van der Waals surface area contributed by atoms with Gasteiger partial charge in [0.05, 0.1) is 12.3 Å². The van der Waals surface area contributed by atoms with Gasteiger partial charge in [-0.15, -0.1) is 0 Å². The normalized spacial score (nSPS) is 14.2. The van der Waals surface area contributed by atoms with Crippen LogP contribution in [-0.2, 0) is 0 Å². The predicted octanol–water partition coefficient (Wildman–Crippen LogP) is 3.25. The zero-order valence-electron chi connectivity index (χ0n) is 11.4. The van der Waals surface area contributed by atoms with Gasteiger partial charge in [0.1, 0.15) is 0 Å². The Morgan fingerprint density at radius 2 is 1.90 bits per heavy atom. The molecule has 2 aromatic carbocycles. The molecule has 1 heterocycles. The van der Waals surface area contributed by atoms with Crippen LogP contribution in [0.1, 0.15) is 27.9 Å². The third kappa shape index (κ3) is 2.48. The number of rotatable bonds is 2. The fourth-order valence-electron chi connectivity index (χ4n) is 2.36. The maximum absolute atomic E-state index is 12.4. The van der Waals surface area contributed by atoms with Crippen LogP contribution in [0.5, 0.6) is 0 Å². The Balaban J connectivity index is 1.83. The van der Waals surface area contributed by atoms with Crippen molar-refractivity contribution in [2.24, 2.45) is 5.10 Å². The number of hydrogen-bond donors (Lipinski definition) is 0. The molecule has 0 spiro atoms. The predicted molar refractivity (Wildman–Crippen MR) is 79.8 cm³/mol. The van der Waals surface area contributed by atoms with E-state index in [0.717, 1.165) is 23.3 Å². The minimum atomic E-state index is -0.0281. The summed E-state index contributed by atoms with van der Waals surface area (Å²) in [7, 11) is 0. The number of carbonyl (C=O) groups is 1. The minimum absolute atomic E-state index is 0.0281. The van der Waals surface area contributed by atoms with Crippen LogP contribution in [0.4, 0.5) is 0 Å². The van der Waals surface area contributed by atoms with Crippen LogP contribution >= 0.6 is 0 Å². The van der Waals surface area contributed by atoms with Crippen LogP contribution in [0.25, 0.3) is 0 Å². The second-order valence-electron chi connectivity index (χ2n) is 4.96. The second-order valence-corrected chi connectivity index (χ2v) is 4.96. The van der Waals surface area contributed by atoms with Crippen molar-refractivity contribution in [3.63, 3.8) is 0 Å². The summed E-state index contributed by atoms with van der Waals surface area (Å²) < 4.78 is 0. The lowest BCUT2D eigenvalue weighted by molar-refractivity contribution is 0.0778. The quantitative estimate of drug-likeness (QED) is 0.819. The number of hydrogen-bond acceptors (Lipinski definition) is 2. The molecule has 20 heavy (non-hydrogen) atoms. The number of amides is 1. The van der Waals surface area contributed by atoms with E-state index in [9.17, 15) is 4.79 Å². The molecule has 0 radical (unpaired) electrons. The van der Waals surface area contributed by atoms with Gasteiger partial charge in [0.2, 0.25) is 0 Å². The van der Waals surface area contributed by atoms with Crippen molar-refractivity contribution in [1.82, 2.24) is 5.01 Å². The molecule has 1 aliphatic heterocycles. The van der Waals surface area contributed by atoms with Gasteiger partial charge in [0.25, 0.3) is 5.91 Å². The van der Waals surface area contributed by atoms with E-state index in [2.05, 4.69) is 5.10 Å². The van der Waals surface area contributed by atoms with Crippen molar-refractivity contribution < 1.29 is 4.79 Å². The van der Waals surface area contributed by atoms with Crippen molar-refractivity contribution in [1.29, 1.82) is 0 Å². The average molecular weight is 264 g/mol. The molecule has 100 valence electrons. The number of carbonyl (C=O) groups excluding carboxylic acids is 1. The molecule has 0 fully saturated rings. The molecule has 0 saturated carbocycles. The Bertz CT molecular complexity index is 662. The fourth-order valence-corrected chi connectivity index (χ4v) is 2.36. The highest BCUT2D eigenvalue weighted by atomic mass is 16.2. The van der Waals surface area contributed by atoms with Crippen LogP contribution in [0.2, 0.25) is 0 Å². The van der Waals surface area contributed by atoms with E-state index in [4.69, 9.17) is 0 Å². The van der Waals surface area contributed by atoms with Crippen LogP contribution < -0.4 is 0 Å². The van der Waals surface area contributed by atoms with Gasteiger partial charge < -0.3 is 0 Å². The molecule has 0 saturated heterocycles. The van der Waals surface area contributed by atoms with Crippen LogP contribution in [0.15, 0.2) is 59.7 Å². The fraction of sp³-hybridized carbons (Fsp3) is 0.176. The highest BCUT2D eigenvalue weighted by Crippen LogP contribution is 2.16. The van der Waals surface area contributed by atoms with Gasteiger partial charge in [-0.25, -0.2) is 5.01 Å². The Kier molecular flexibility index (Phi) is 3.33. The molecule has 0 N–H and O–H groups in total. The molecular weight excluding hydrogens is 248 g/mol. The summed E-state index contributed by atoms with van der Waals surface area (Å²) >= 11 is 0. The van der Waals surface area contributed by atoms with Crippen molar-refractivity contribution in [2.75, 3.05) is 6.54 Å². The third-order valence-electron chi connectivity index (χ3n) is 3.41. The summed E-state index contributed by atoms with van der Waals surface area (Å²) in [5.74, 6) is -0.0281. The first-order chi connectivity index (χ1) is 9.74. The van der Waals surface area contributed by atoms with Gasteiger partial charge >= 0.3 is 0 Å². The summed E-state index contributed by atoms with van der Waals surface area (Å²) in [5.41, 5.74) is 3.85. The Hall–Kier alpha value is -2.42. The maximum atomic E-state index is 12.4. The standard InChI is InChI=1S/C17H16N2O/c1-13-6-5-9-15(12-13)17(20)19-11-10-16(18-19)14-7-3-2-4-8-14/h2-9,12H,10-11H2,1H3. The van der Waals surface area contributed by atoms with E-state index >= 15 is 0 Å². The lowest BCUT2D eigenvalue weighted by atomic mass is 10.1. The smallest absolute Gasteiger partial charge is 0.267 e. The first-order valence-electron chi connectivity index (χ1n) is 6.75. The summed E-state index contributed by atoms with van der Waals surface area (Å²) in [5, 5.41) is 6.03. The molecule has 3 rings (SSSR count). The van der Waals surface area contributed by atoms with E-state index in [0.29, 0.717) is 12.1 Å². The molecule has 0 unspecified atom stereocenters. The number of hydrazone groups is 1. The zero-order valence-corrected chi connectivity index (χ0v) is 11.4. The molecule has 0 aromatic heterocycles. The summed E-state index contributed by atoms with van der Waals surface area (Å²) in [6, 6.07) is 17.6. The van der Waals surface area contributed by atoms with Crippen molar-refractivity contribution in [3.8, 4) is 0 Å². The number of aryl methyl sites for hydroxylation is 1. The van der Waals surface area contributed by atoms with Gasteiger partial charge in [-0.3, -0.25) is 4.79 Å². The Morgan fingerprint density at radius 3 is 2.65 bits per heavy atom. The lowest BCUT2D eigenvalue weighted by Crippen LogP contribution is -2.23. The van der Waals surface area contributed by atoms with E-state index in [-0.39, 0.29) is 5.91 Å². The summed E-state index contributed by atoms with van der Waals surface area (Å²) in [6.45, 7) is 2.64. The van der Waals surface area contributed by atoms with Gasteiger partial charge in [-0.05, 0) is 24.6 Å². The highest BCUT2D eigenvalue weighted by molar-refractivity contribution is 6.04. The second kappa shape index (κ2) is 5.29. The molecule has 0 aliphatic carbocycles. The van der Waals surface area contributed by atoms with Gasteiger partial charge in [0.15, 0.2) is 0 Å². The average Bonchev–Trinajstić information content (AvgIpc) is 2.97.